The van der Waals surface area contributed by atoms with Gasteiger partial charge >= 0.3 is 0 Å². The Hall–Kier alpha value is -2.41. The van der Waals surface area contributed by atoms with Gasteiger partial charge in [-0.1, -0.05) is 30.3 Å². The van der Waals surface area contributed by atoms with Gasteiger partial charge in [-0.3, -0.25) is 9.69 Å². The average molecular weight is 344 g/mol. The SMILES string of the molecule is CCc1nc([C@H]2CCCN2CC(=O)NCCOc2ccccc2)no1. The maximum absolute atomic E-state index is 12.2. The minimum Gasteiger partial charge on any atom is -0.492 e. The van der Waals surface area contributed by atoms with E-state index in [9.17, 15) is 4.79 Å². The Labute approximate surface area is 147 Å². The van der Waals surface area contributed by atoms with Crippen LogP contribution in [-0.4, -0.2) is 47.2 Å². The van der Waals surface area contributed by atoms with Gasteiger partial charge in [0.15, 0.2) is 5.82 Å². The van der Waals surface area contributed by atoms with Crippen molar-refractivity contribution in [1.29, 1.82) is 0 Å². The normalized spacial score (nSPS) is 17.6. The van der Waals surface area contributed by atoms with Crippen molar-refractivity contribution < 1.29 is 14.1 Å². The number of aryl methyl sites for hydroxylation is 1. The fourth-order valence-electron chi connectivity index (χ4n) is 2.97. The largest absolute Gasteiger partial charge is 0.492 e. The number of hydrogen-bond acceptors (Lipinski definition) is 6. The van der Waals surface area contributed by atoms with Gasteiger partial charge in [-0.25, -0.2) is 0 Å². The summed E-state index contributed by atoms with van der Waals surface area (Å²) in [6.45, 7) is 4.12. The van der Waals surface area contributed by atoms with Crippen molar-refractivity contribution in [1.82, 2.24) is 20.4 Å². The lowest BCUT2D eigenvalue weighted by Gasteiger charge is -2.21. The molecule has 1 aliphatic heterocycles. The maximum Gasteiger partial charge on any atom is 0.234 e. The molecule has 1 aromatic carbocycles. The summed E-state index contributed by atoms with van der Waals surface area (Å²) in [5.74, 6) is 2.13. The number of aromatic nitrogens is 2. The molecule has 1 amide bonds. The number of nitrogens with one attached hydrogen (secondary N) is 1. The molecule has 2 heterocycles. The van der Waals surface area contributed by atoms with Crippen LogP contribution in [0.25, 0.3) is 0 Å². The first-order valence-electron chi connectivity index (χ1n) is 8.77. The molecule has 7 heteroatoms. The summed E-state index contributed by atoms with van der Waals surface area (Å²) in [5, 5.41) is 6.95. The van der Waals surface area contributed by atoms with Crippen LogP contribution in [0.2, 0.25) is 0 Å². The first-order valence-corrected chi connectivity index (χ1v) is 8.77. The number of ether oxygens (including phenoxy) is 1. The van der Waals surface area contributed by atoms with E-state index in [1.165, 1.54) is 0 Å². The maximum atomic E-state index is 12.2. The molecule has 0 bridgehead atoms. The van der Waals surface area contributed by atoms with Gasteiger partial charge in [-0.2, -0.15) is 4.98 Å². The number of likely N-dealkylation sites (tertiary alicyclic amines) is 1. The summed E-state index contributed by atoms with van der Waals surface area (Å²) in [6.07, 6.45) is 2.71. The molecule has 25 heavy (non-hydrogen) atoms. The standard InChI is InChI=1S/C18H24N4O3/c1-2-17-20-18(21-25-17)15-9-6-11-22(15)13-16(23)19-10-12-24-14-7-4-3-5-8-14/h3-5,7-8,15H,2,6,9-13H2,1H3,(H,19,23)/t15-/m1/s1. The minimum atomic E-state index is -0.0113. The fourth-order valence-corrected chi connectivity index (χ4v) is 2.97. The number of nitrogens with zero attached hydrogens (tertiary/aromatic N) is 3. The van der Waals surface area contributed by atoms with E-state index < -0.39 is 0 Å². The topological polar surface area (TPSA) is 80.5 Å². The van der Waals surface area contributed by atoms with E-state index >= 15 is 0 Å². The summed E-state index contributed by atoms with van der Waals surface area (Å²) in [4.78, 5) is 18.7. The van der Waals surface area contributed by atoms with Crippen molar-refractivity contribution in [3.8, 4) is 5.75 Å². The van der Waals surface area contributed by atoms with E-state index in [0.29, 0.717) is 31.4 Å². The van der Waals surface area contributed by atoms with Crippen LogP contribution >= 0.6 is 0 Å². The van der Waals surface area contributed by atoms with Gasteiger partial charge in [0.05, 0.1) is 19.1 Å². The van der Waals surface area contributed by atoms with Crippen LogP contribution < -0.4 is 10.1 Å². The third-order valence-electron chi connectivity index (χ3n) is 4.23. The van der Waals surface area contributed by atoms with Crippen LogP contribution in [0.15, 0.2) is 34.9 Å². The summed E-state index contributed by atoms with van der Waals surface area (Å²) < 4.78 is 10.8. The number of amides is 1. The van der Waals surface area contributed by atoms with E-state index in [1.807, 2.05) is 37.3 Å². The first kappa shape index (κ1) is 17.4. The third kappa shape index (κ3) is 4.79. The van der Waals surface area contributed by atoms with Crippen LogP contribution in [0, 0.1) is 0 Å². The monoisotopic (exact) mass is 344 g/mol. The van der Waals surface area contributed by atoms with Crippen molar-refractivity contribution in [2.45, 2.75) is 32.2 Å². The highest BCUT2D eigenvalue weighted by atomic mass is 16.5. The second kappa shape index (κ2) is 8.62. The molecule has 2 aromatic rings. The van der Waals surface area contributed by atoms with E-state index in [0.717, 1.165) is 31.6 Å². The minimum absolute atomic E-state index is 0.0113. The Kier molecular flexibility index (Phi) is 6.00. The molecule has 134 valence electrons. The molecular weight excluding hydrogens is 320 g/mol. The van der Waals surface area contributed by atoms with Crippen LogP contribution in [0.1, 0.15) is 37.5 Å². The van der Waals surface area contributed by atoms with Crippen molar-refractivity contribution in [2.75, 3.05) is 26.2 Å². The van der Waals surface area contributed by atoms with E-state index in [2.05, 4.69) is 20.4 Å². The van der Waals surface area contributed by atoms with Gasteiger partial charge in [0.1, 0.15) is 12.4 Å². The van der Waals surface area contributed by atoms with Gasteiger partial charge < -0.3 is 14.6 Å². The molecule has 1 N–H and O–H groups in total. The van der Waals surface area contributed by atoms with Crippen LogP contribution in [-0.2, 0) is 11.2 Å². The highest BCUT2D eigenvalue weighted by molar-refractivity contribution is 5.78. The molecule has 1 fully saturated rings. The van der Waals surface area contributed by atoms with Gasteiger partial charge in [0.2, 0.25) is 11.8 Å². The molecule has 3 rings (SSSR count). The lowest BCUT2D eigenvalue weighted by atomic mass is 10.2. The average Bonchev–Trinajstić information content (AvgIpc) is 3.28. The molecule has 1 aromatic heterocycles. The van der Waals surface area contributed by atoms with Crippen LogP contribution in [0.3, 0.4) is 0 Å². The molecule has 0 radical (unpaired) electrons. The number of para-hydroxylation sites is 1. The van der Waals surface area contributed by atoms with Gasteiger partial charge in [0, 0.05) is 6.42 Å². The zero-order chi connectivity index (χ0) is 17.5. The molecular formula is C18H24N4O3. The summed E-state index contributed by atoms with van der Waals surface area (Å²) in [7, 11) is 0. The second-order valence-corrected chi connectivity index (χ2v) is 6.04. The van der Waals surface area contributed by atoms with Crippen molar-refractivity contribution in [3.63, 3.8) is 0 Å². The number of benzene rings is 1. The Morgan fingerprint density at radius 1 is 1.40 bits per heavy atom. The molecule has 7 nitrogen and oxygen atoms in total. The lowest BCUT2D eigenvalue weighted by molar-refractivity contribution is -0.122. The first-order chi connectivity index (χ1) is 12.3. The molecule has 0 unspecified atom stereocenters. The predicted molar refractivity (Wildman–Crippen MR) is 92.2 cm³/mol. The smallest absolute Gasteiger partial charge is 0.234 e. The molecule has 1 aliphatic rings. The second-order valence-electron chi connectivity index (χ2n) is 6.04. The Bertz CT molecular complexity index is 674. The fraction of sp³-hybridized carbons (Fsp3) is 0.500. The van der Waals surface area contributed by atoms with Crippen LogP contribution in [0.5, 0.6) is 5.75 Å². The number of hydrogen-bond donors (Lipinski definition) is 1. The van der Waals surface area contributed by atoms with Gasteiger partial charge in [-0.05, 0) is 31.5 Å². The van der Waals surface area contributed by atoms with E-state index in [4.69, 9.17) is 9.26 Å². The number of rotatable bonds is 8. The van der Waals surface area contributed by atoms with Crippen LogP contribution in [0.4, 0.5) is 0 Å². The van der Waals surface area contributed by atoms with Crippen molar-refractivity contribution >= 4 is 5.91 Å². The molecule has 1 saturated heterocycles. The van der Waals surface area contributed by atoms with E-state index in [-0.39, 0.29) is 11.9 Å². The molecule has 0 saturated carbocycles. The molecule has 0 spiro atoms. The zero-order valence-corrected chi connectivity index (χ0v) is 14.5. The Balaban J connectivity index is 1.42. The number of carbonyl (C=O) groups is 1. The van der Waals surface area contributed by atoms with Gasteiger partial charge in [-0.15, -0.1) is 0 Å². The summed E-state index contributed by atoms with van der Waals surface area (Å²) >= 11 is 0. The quantitative estimate of drug-likeness (QED) is 0.738. The number of carbonyl (C=O) groups excluding carboxylic acids is 1. The Morgan fingerprint density at radius 3 is 3.00 bits per heavy atom. The third-order valence-corrected chi connectivity index (χ3v) is 4.23. The summed E-state index contributed by atoms with van der Waals surface area (Å²) in [5.41, 5.74) is 0. The van der Waals surface area contributed by atoms with Crippen molar-refractivity contribution in [2.24, 2.45) is 0 Å². The lowest BCUT2D eigenvalue weighted by Crippen LogP contribution is -2.38. The molecule has 1 atom stereocenters. The van der Waals surface area contributed by atoms with Gasteiger partial charge in [0.25, 0.3) is 0 Å². The van der Waals surface area contributed by atoms with E-state index in [1.54, 1.807) is 0 Å². The summed E-state index contributed by atoms with van der Waals surface area (Å²) in [6, 6.07) is 9.63. The zero-order valence-electron chi connectivity index (χ0n) is 14.5. The molecule has 0 aliphatic carbocycles. The highest BCUT2D eigenvalue weighted by Crippen LogP contribution is 2.29. The predicted octanol–water partition coefficient (Wildman–Crippen LogP) is 1.96. The highest BCUT2D eigenvalue weighted by Gasteiger charge is 2.31. The Morgan fingerprint density at radius 2 is 2.24 bits per heavy atom. The van der Waals surface area contributed by atoms with Crippen molar-refractivity contribution in [3.05, 3.63) is 42.0 Å².